The molecule has 202 valence electrons. The zero-order chi connectivity index (χ0) is 26.2. The van der Waals surface area contributed by atoms with Crippen LogP contribution >= 0.6 is 0 Å². The van der Waals surface area contributed by atoms with Crippen LogP contribution in [0.1, 0.15) is 20.8 Å². The van der Waals surface area contributed by atoms with Gasteiger partial charge < -0.3 is 29.5 Å². The molecule has 0 unspecified atom stereocenters. The van der Waals surface area contributed by atoms with Crippen LogP contribution in [0.2, 0.25) is 0 Å². The van der Waals surface area contributed by atoms with Crippen LogP contribution in [0.4, 0.5) is 18.0 Å². The van der Waals surface area contributed by atoms with Crippen LogP contribution in [0.3, 0.4) is 0 Å². The van der Waals surface area contributed by atoms with Gasteiger partial charge in [-0.05, 0) is 27.8 Å². The number of hydrogen-bond donors (Lipinski definition) is 2. The predicted octanol–water partition coefficient (Wildman–Crippen LogP) is 1.36. The summed E-state index contributed by atoms with van der Waals surface area (Å²) in [5.41, 5.74) is -0.426. The van der Waals surface area contributed by atoms with Gasteiger partial charge in [0.2, 0.25) is 0 Å². The van der Waals surface area contributed by atoms with Crippen molar-refractivity contribution in [1.29, 1.82) is 0 Å². The molecule has 0 saturated carbocycles. The van der Waals surface area contributed by atoms with Crippen molar-refractivity contribution >= 4 is 12.1 Å². The first-order valence-corrected chi connectivity index (χ1v) is 11.2. The van der Waals surface area contributed by atoms with E-state index in [0.29, 0.717) is 6.54 Å². The van der Waals surface area contributed by atoms with Crippen LogP contribution in [0.15, 0.2) is 0 Å². The molecule has 13 heteroatoms. The van der Waals surface area contributed by atoms with Crippen molar-refractivity contribution in [3.63, 3.8) is 0 Å². The van der Waals surface area contributed by atoms with Crippen molar-refractivity contribution in [3.8, 4) is 0 Å². The number of aliphatic carboxylic acids is 1. The van der Waals surface area contributed by atoms with Crippen LogP contribution in [0.5, 0.6) is 0 Å². The number of rotatable bonds is 6. The molecule has 0 aromatic heterocycles. The van der Waals surface area contributed by atoms with Gasteiger partial charge in [0.15, 0.2) is 0 Å². The summed E-state index contributed by atoms with van der Waals surface area (Å²) in [5, 5.41) is 10.3. The molecule has 1 amide bonds. The van der Waals surface area contributed by atoms with E-state index in [9.17, 15) is 18.0 Å². The summed E-state index contributed by atoms with van der Waals surface area (Å²) in [4.78, 5) is 26.9. The van der Waals surface area contributed by atoms with Gasteiger partial charge in [-0.1, -0.05) is 0 Å². The molecular weight excluding hydrogens is 461 g/mol. The molecular formula is C21H41F3N4O6. The monoisotopic (exact) mass is 502 g/mol. The normalized spacial score (nSPS) is 17.5. The largest absolute Gasteiger partial charge is 0.490 e. The molecule has 0 bridgehead atoms. The highest BCUT2D eigenvalue weighted by Crippen LogP contribution is 2.13. The molecule has 2 rings (SSSR count). The third-order valence-electron chi connectivity index (χ3n) is 4.58. The van der Waals surface area contributed by atoms with Crippen molar-refractivity contribution in [2.24, 2.45) is 0 Å². The van der Waals surface area contributed by atoms with Crippen molar-refractivity contribution in [1.82, 2.24) is 20.0 Å². The van der Waals surface area contributed by atoms with Gasteiger partial charge in [-0.15, -0.1) is 0 Å². The van der Waals surface area contributed by atoms with E-state index in [4.69, 9.17) is 24.1 Å². The molecule has 2 N–H and O–H groups in total. The lowest BCUT2D eigenvalue weighted by atomic mass is 10.2. The van der Waals surface area contributed by atoms with Crippen LogP contribution in [0, 0.1) is 0 Å². The SMILES string of the molecule is CN(CCN1CCOCC1)C(=O)OC(C)(C)C.CNCCN1CCOCC1.O=C(O)C(F)(F)F. The fourth-order valence-corrected chi connectivity index (χ4v) is 2.64. The minimum atomic E-state index is -5.08. The highest BCUT2D eigenvalue weighted by atomic mass is 19.4. The average molecular weight is 503 g/mol. The number of hydrogen-bond acceptors (Lipinski definition) is 8. The second kappa shape index (κ2) is 16.9. The first-order chi connectivity index (χ1) is 15.8. The summed E-state index contributed by atoms with van der Waals surface area (Å²) in [6.45, 7) is 16.9. The molecule has 0 aliphatic carbocycles. The molecule has 2 heterocycles. The summed E-state index contributed by atoms with van der Waals surface area (Å²) in [7, 11) is 3.76. The Bertz CT molecular complexity index is 564. The topological polar surface area (TPSA) is 104 Å². The number of halogens is 3. The maximum Gasteiger partial charge on any atom is 0.490 e. The molecule has 0 atom stereocenters. The molecule has 0 aromatic rings. The first-order valence-electron chi connectivity index (χ1n) is 11.2. The zero-order valence-electron chi connectivity index (χ0n) is 20.9. The number of nitrogens with zero attached hydrogens (tertiary/aromatic N) is 3. The Morgan fingerprint density at radius 1 is 0.971 bits per heavy atom. The molecule has 0 radical (unpaired) electrons. The van der Waals surface area contributed by atoms with Gasteiger partial charge in [-0.25, -0.2) is 9.59 Å². The summed E-state index contributed by atoms with van der Waals surface area (Å²) < 4.78 is 47.5. The molecule has 34 heavy (non-hydrogen) atoms. The number of morpholine rings is 2. The number of amides is 1. The lowest BCUT2D eigenvalue weighted by molar-refractivity contribution is -0.192. The van der Waals surface area contributed by atoms with E-state index in [0.717, 1.165) is 72.2 Å². The highest BCUT2D eigenvalue weighted by Gasteiger charge is 2.38. The lowest BCUT2D eigenvalue weighted by Gasteiger charge is -2.29. The second-order valence-electron chi connectivity index (χ2n) is 8.72. The molecule has 2 aliphatic heterocycles. The quantitative estimate of drug-likeness (QED) is 0.557. The van der Waals surface area contributed by atoms with Crippen molar-refractivity contribution in [2.45, 2.75) is 32.5 Å². The number of carbonyl (C=O) groups is 2. The van der Waals surface area contributed by atoms with Crippen LogP contribution in [-0.2, 0) is 19.0 Å². The van der Waals surface area contributed by atoms with Crippen molar-refractivity contribution in [2.75, 3.05) is 92.9 Å². The Labute approximate surface area is 200 Å². The summed E-state index contributed by atoms with van der Waals surface area (Å²) in [6.07, 6.45) is -5.34. The lowest BCUT2D eigenvalue weighted by Crippen LogP contribution is -2.43. The Hall–Kier alpha value is -1.67. The maximum atomic E-state index is 11.7. The van der Waals surface area contributed by atoms with E-state index in [2.05, 4.69) is 15.1 Å². The number of ether oxygens (including phenoxy) is 3. The van der Waals surface area contributed by atoms with Gasteiger partial charge >= 0.3 is 18.2 Å². The number of nitrogens with one attached hydrogen (secondary N) is 1. The molecule has 0 spiro atoms. The van der Waals surface area contributed by atoms with Gasteiger partial charge in [0.1, 0.15) is 5.60 Å². The van der Waals surface area contributed by atoms with Crippen molar-refractivity contribution < 1.29 is 42.1 Å². The van der Waals surface area contributed by atoms with Crippen LogP contribution < -0.4 is 5.32 Å². The number of carbonyl (C=O) groups excluding carboxylic acids is 1. The zero-order valence-corrected chi connectivity index (χ0v) is 20.9. The highest BCUT2D eigenvalue weighted by molar-refractivity contribution is 5.73. The number of alkyl halides is 3. The summed E-state index contributed by atoms with van der Waals surface area (Å²) in [6, 6.07) is 0. The van der Waals surface area contributed by atoms with Gasteiger partial charge in [0, 0.05) is 59.4 Å². The molecule has 10 nitrogen and oxygen atoms in total. The third kappa shape index (κ3) is 17.8. The Morgan fingerprint density at radius 3 is 1.74 bits per heavy atom. The number of carboxylic acid groups (broad SMARTS) is 1. The fraction of sp³-hybridized carbons (Fsp3) is 0.905. The molecule has 2 aliphatic rings. The summed E-state index contributed by atoms with van der Waals surface area (Å²) in [5.74, 6) is -2.76. The molecule has 2 saturated heterocycles. The van der Waals surface area contributed by atoms with Gasteiger partial charge in [-0.3, -0.25) is 9.80 Å². The van der Waals surface area contributed by atoms with E-state index in [1.807, 2.05) is 27.8 Å². The maximum absolute atomic E-state index is 11.7. The smallest absolute Gasteiger partial charge is 0.475 e. The predicted molar refractivity (Wildman–Crippen MR) is 121 cm³/mol. The van der Waals surface area contributed by atoms with E-state index < -0.39 is 17.7 Å². The number of likely N-dealkylation sites (N-methyl/N-ethyl adjacent to an activating group) is 2. The van der Waals surface area contributed by atoms with E-state index in [1.54, 1.807) is 11.9 Å². The average Bonchev–Trinajstić information content (AvgIpc) is 2.76. The van der Waals surface area contributed by atoms with E-state index >= 15 is 0 Å². The van der Waals surface area contributed by atoms with Crippen LogP contribution in [0.25, 0.3) is 0 Å². The Balaban J connectivity index is 0.000000541. The fourth-order valence-electron chi connectivity index (χ4n) is 2.64. The van der Waals surface area contributed by atoms with Crippen molar-refractivity contribution in [3.05, 3.63) is 0 Å². The second-order valence-corrected chi connectivity index (χ2v) is 8.72. The van der Waals surface area contributed by atoms with E-state index in [-0.39, 0.29) is 6.09 Å². The van der Waals surface area contributed by atoms with Crippen LogP contribution in [-0.4, -0.2) is 137 Å². The minimum Gasteiger partial charge on any atom is -0.475 e. The first kappa shape index (κ1) is 32.3. The summed E-state index contributed by atoms with van der Waals surface area (Å²) >= 11 is 0. The Morgan fingerprint density at radius 2 is 1.38 bits per heavy atom. The van der Waals surface area contributed by atoms with Gasteiger partial charge in [0.05, 0.1) is 26.4 Å². The standard InChI is InChI=1S/C12H24N2O3.C7H16N2O.C2HF3O2/c1-12(2,3)17-11(15)13(4)5-6-14-7-9-16-10-8-14;1-8-2-3-9-4-6-10-7-5-9;3-2(4,5)1(6)7/h5-10H2,1-4H3;8H,2-7H2,1H3;(H,6,7). The van der Waals surface area contributed by atoms with E-state index in [1.165, 1.54) is 0 Å². The Kier molecular flexibility index (Phi) is 16.0. The number of carboxylic acids is 1. The minimum absolute atomic E-state index is 0.259. The third-order valence-corrected chi connectivity index (χ3v) is 4.58. The molecule has 2 fully saturated rings. The molecule has 0 aromatic carbocycles. The van der Waals surface area contributed by atoms with Gasteiger partial charge in [-0.2, -0.15) is 13.2 Å². The van der Waals surface area contributed by atoms with Gasteiger partial charge in [0.25, 0.3) is 0 Å².